The summed E-state index contributed by atoms with van der Waals surface area (Å²) in [7, 11) is -1.63. The second-order valence-electron chi connectivity index (χ2n) is 2.79. The third-order valence-corrected chi connectivity index (χ3v) is 3.85. The summed E-state index contributed by atoms with van der Waals surface area (Å²) in [6.45, 7) is 1.01. The molecule has 1 aromatic heterocycles. The van der Waals surface area contributed by atoms with Crippen LogP contribution in [0.4, 0.5) is 0 Å². The molecule has 0 aliphatic rings. The molecule has 0 spiro atoms. The molecule has 0 saturated heterocycles. The van der Waals surface area contributed by atoms with Gasteiger partial charge >= 0.3 is 0 Å². The van der Waals surface area contributed by atoms with Crippen LogP contribution in [0, 0.1) is 0 Å². The molecule has 14 heavy (non-hydrogen) atoms. The Morgan fingerprint density at radius 3 is 2.71 bits per heavy atom. The van der Waals surface area contributed by atoms with Crippen LogP contribution >= 0.6 is 15.9 Å². The maximum absolute atomic E-state index is 11.2. The normalized spacial score (nSPS) is 11.9. The summed E-state index contributed by atoms with van der Waals surface area (Å²) in [6, 6.07) is 0. The molecule has 0 amide bonds. The van der Waals surface area contributed by atoms with E-state index in [1.807, 2.05) is 0 Å². The summed E-state index contributed by atoms with van der Waals surface area (Å²) < 4.78 is 29.3. The van der Waals surface area contributed by atoms with Crippen LogP contribution in [0.5, 0.6) is 0 Å². The Morgan fingerprint density at radius 2 is 2.29 bits per heavy atom. The average Bonchev–Trinajstić information content (AvgIpc) is 2.42. The van der Waals surface area contributed by atoms with Gasteiger partial charge in [0.25, 0.3) is 0 Å². The molecule has 1 heterocycles. The van der Waals surface area contributed by atoms with Crippen LogP contribution in [0.3, 0.4) is 0 Å². The monoisotopic (exact) mass is 282 g/mol. The Morgan fingerprint density at radius 1 is 1.64 bits per heavy atom. The lowest BCUT2D eigenvalue weighted by Gasteiger charge is -2.01. The van der Waals surface area contributed by atoms with Crippen LogP contribution in [-0.4, -0.2) is 38.2 Å². The van der Waals surface area contributed by atoms with Crippen molar-refractivity contribution in [1.29, 1.82) is 0 Å². The van der Waals surface area contributed by atoms with Crippen molar-refractivity contribution in [3.05, 3.63) is 10.8 Å². The molecule has 0 aliphatic carbocycles. The number of hydrogen-bond donors (Lipinski definition) is 0. The molecule has 0 unspecified atom stereocenters. The van der Waals surface area contributed by atoms with Gasteiger partial charge in [0.15, 0.2) is 9.84 Å². The number of methoxy groups -OCH3 is 1. The van der Waals surface area contributed by atoms with Crippen molar-refractivity contribution in [2.24, 2.45) is 0 Å². The van der Waals surface area contributed by atoms with E-state index >= 15 is 0 Å². The molecule has 0 N–H and O–H groups in total. The van der Waals surface area contributed by atoms with Gasteiger partial charge in [0.2, 0.25) is 0 Å². The molecule has 0 saturated carbocycles. The van der Waals surface area contributed by atoms with Crippen LogP contribution in [-0.2, 0) is 21.1 Å². The molecular weight excluding hydrogens is 272 g/mol. The Hall–Kier alpha value is -0.400. The topological polar surface area (TPSA) is 61.2 Å². The predicted octanol–water partition coefficient (Wildman–Crippen LogP) is 0.696. The van der Waals surface area contributed by atoms with Gasteiger partial charge in [0.05, 0.1) is 19.3 Å². The minimum absolute atomic E-state index is 0.202. The number of aromatic nitrogens is 2. The lowest BCUT2D eigenvalue weighted by Crippen LogP contribution is -2.06. The molecular formula is C7H11BrN2O3S. The zero-order chi connectivity index (χ0) is 10.8. The third kappa shape index (κ3) is 2.55. The first-order chi connectivity index (χ1) is 6.46. The predicted molar refractivity (Wildman–Crippen MR) is 54.9 cm³/mol. The summed E-state index contributed by atoms with van der Waals surface area (Å²) in [4.78, 5) is 0.202. The summed E-state index contributed by atoms with van der Waals surface area (Å²) in [6.07, 6.45) is 2.48. The first-order valence-electron chi connectivity index (χ1n) is 3.87. The number of nitrogens with zero attached hydrogens (tertiary/aromatic N) is 2. The molecule has 0 bridgehead atoms. The van der Waals surface area contributed by atoms with E-state index in [1.165, 1.54) is 6.20 Å². The van der Waals surface area contributed by atoms with E-state index in [-0.39, 0.29) is 4.90 Å². The van der Waals surface area contributed by atoms with E-state index < -0.39 is 9.84 Å². The van der Waals surface area contributed by atoms with Crippen molar-refractivity contribution in [3.8, 4) is 0 Å². The summed E-state index contributed by atoms with van der Waals surface area (Å²) in [5.74, 6) is 0. The highest BCUT2D eigenvalue weighted by atomic mass is 79.9. The van der Waals surface area contributed by atoms with E-state index in [2.05, 4.69) is 21.0 Å². The molecule has 0 atom stereocenters. The van der Waals surface area contributed by atoms with Crippen molar-refractivity contribution < 1.29 is 13.2 Å². The first kappa shape index (κ1) is 11.7. The fraction of sp³-hybridized carbons (Fsp3) is 0.571. The van der Waals surface area contributed by atoms with Crippen molar-refractivity contribution in [2.45, 2.75) is 11.4 Å². The highest BCUT2D eigenvalue weighted by Gasteiger charge is 2.16. The SMILES string of the molecule is COCCn1ncc(S(C)(=O)=O)c1Br. The molecule has 1 aromatic rings. The standard InChI is InChI=1S/C7H11BrN2O3S/c1-13-4-3-10-7(8)6(5-9-10)14(2,11)12/h5H,3-4H2,1-2H3. The van der Waals surface area contributed by atoms with E-state index in [9.17, 15) is 8.42 Å². The quantitative estimate of drug-likeness (QED) is 0.816. The molecule has 7 heteroatoms. The average molecular weight is 283 g/mol. The van der Waals surface area contributed by atoms with Crippen LogP contribution in [0.25, 0.3) is 0 Å². The molecule has 0 radical (unpaired) electrons. The summed E-state index contributed by atoms with van der Waals surface area (Å²) in [5, 5.41) is 3.93. The highest BCUT2D eigenvalue weighted by Crippen LogP contribution is 2.20. The van der Waals surface area contributed by atoms with Crippen LogP contribution in [0.1, 0.15) is 0 Å². The number of halogens is 1. The summed E-state index contributed by atoms with van der Waals surface area (Å²) in [5.41, 5.74) is 0. The van der Waals surface area contributed by atoms with Gasteiger partial charge in [0, 0.05) is 13.4 Å². The van der Waals surface area contributed by atoms with Gasteiger partial charge < -0.3 is 4.74 Å². The number of hydrogen-bond acceptors (Lipinski definition) is 4. The third-order valence-electron chi connectivity index (χ3n) is 1.65. The molecule has 80 valence electrons. The lowest BCUT2D eigenvalue weighted by atomic mass is 10.7. The largest absolute Gasteiger partial charge is 0.383 e. The van der Waals surface area contributed by atoms with Gasteiger partial charge in [-0.2, -0.15) is 5.10 Å². The molecule has 1 rings (SSSR count). The van der Waals surface area contributed by atoms with Gasteiger partial charge in [0.1, 0.15) is 9.50 Å². The summed E-state index contributed by atoms with van der Waals surface area (Å²) >= 11 is 3.18. The molecule has 0 fully saturated rings. The van der Waals surface area contributed by atoms with Crippen molar-refractivity contribution in [3.63, 3.8) is 0 Å². The van der Waals surface area contributed by atoms with Gasteiger partial charge in [-0.3, -0.25) is 4.68 Å². The minimum Gasteiger partial charge on any atom is -0.383 e. The van der Waals surface area contributed by atoms with Gasteiger partial charge in [-0.05, 0) is 15.9 Å². The van der Waals surface area contributed by atoms with Gasteiger partial charge in [-0.15, -0.1) is 0 Å². The van der Waals surface area contributed by atoms with E-state index in [0.29, 0.717) is 17.8 Å². The lowest BCUT2D eigenvalue weighted by molar-refractivity contribution is 0.182. The Bertz CT molecular complexity index is 413. The first-order valence-corrected chi connectivity index (χ1v) is 6.55. The fourth-order valence-electron chi connectivity index (χ4n) is 0.936. The van der Waals surface area contributed by atoms with Crippen molar-refractivity contribution in [1.82, 2.24) is 9.78 Å². The van der Waals surface area contributed by atoms with Crippen molar-refractivity contribution >= 4 is 25.8 Å². The zero-order valence-electron chi connectivity index (χ0n) is 7.90. The molecule has 5 nitrogen and oxygen atoms in total. The van der Waals surface area contributed by atoms with Crippen LogP contribution in [0.2, 0.25) is 0 Å². The zero-order valence-corrected chi connectivity index (χ0v) is 10.3. The maximum Gasteiger partial charge on any atom is 0.179 e. The molecule has 0 aliphatic heterocycles. The number of rotatable bonds is 4. The van der Waals surface area contributed by atoms with E-state index in [1.54, 1.807) is 11.8 Å². The Balaban J connectivity index is 2.97. The second kappa shape index (κ2) is 4.41. The second-order valence-corrected chi connectivity index (χ2v) is 5.52. The smallest absolute Gasteiger partial charge is 0.179 e. The molecule has 0 aromatic carbocycles. The minimum atomic E-state index is -3.21. The fourth-order valence-corrected chi connectivity index (χ4v) is 2.84. The van der Waals surface area contributed by atoms with Crippen molar-refractivity contribution in [2.75, 3.05) is 20.0 Å². The Labute approximate surface area is 91.1 Å². The van der Waals surface area contributed by atoms with Crippen LogP contribution < -0.4 is 0 Å². The maximum atomic E-state index is 11.2. The Kier molecular flexibility index (Phi) is 3.68. The van der Waals surface area contributed by atoms with Gasteiger partial charge in [-0.1, -0.05) is 0 Å². The highest BCUT2D eigenvalue weighted by molar-refractivity contribution is 9.10. The van der Waals surface area contributed by atoms with Crippen LogP contribution in [0.15, 0.2) is 15.7 Å². The van der Waals surface area contributed by atoms with Gasteiger partial charge in [-0.25, -0.2) is 8.42 Å². The number of sulfone groups is 1. The number of ether oxygens (including phenoxy) is 1. The van der Waals surface area contributed by atoms with E-state index in [4.69, 9.17) is 4.74 Å². The van der Waals surface area contributed by atoms with E-state index in [0.717, 1.165) is 6.26 Å².